The summed E-state index contributed by atoms with van der Waals surface area (Å²) in [7, 11) is 1.61. The van der Waals surface area contributed by atoms with Gasteiger partial charge in [-0.05, 0) is 38.1 Å². The van der Waals surface area contributed by atoms with Gasteiger partial charge in [-0.1, -0.05) is 25.0 Å². The van der Waals surface area contributed by atoms with Crippen LogP contribution in [0.5, 0.6) is 5.75 Å². The molecule has 0 radical (unpaired) electrons. The largest absolute Gasteiger partial charge is 0.496 e. The first-order valence-corrected chi connectivity index (χ1v) is 6.70. The van der Waals surface area contributed by atoms with Gasteiger partial charge in [-0.2, -0.15) is 0 Å². The van der Waals surface area contributed by atoms with E-state index in [1.165, 1.54) is 25.7 Å². The highest BCUT2D eigenvalue weighted by atomic mass is 16.5. The summed E-state index contributed by atoms with van der Waals surface area (Å²) in [5.41, 5.74) is 0.698. The Morgan fingerprint density at radius 2 is 1.83 bits per heavy atom. The third kappa shape index (κ3) is 3.33. The molecule has 1 aliphatic rings. The molecule has 0 saturated carbocycles. The van der Waals surface area contributed by atoms with E-state index in [2.05, 4.69) is 4.90 Å². The Kier molecular flexibility index (Phi) is 4.76. The quantitative estimate of drug-likeness (QED) is 0.766. The number of hydrogen-bond acceptors (Lipinski definition) is 3. The first-order chi connectivity index (χ1) is 8.81. The molecule has 3 nitrogen and oxygen atoms in total. The second-order valence-electron chi connectivity index (χ2n) is 4.81. The molecule has 3 heteroatoms. The fraction of sp³-hybridized carbons (Fsp3) is 0.533. The molecule has 0 amide bonds. The van der Waals surface area contributed by atoms with Gasteiger partial charge in [-0.3, -0.25) is 9.69 Å². The first-order valence-electron chi connectivity index (χ1n) is 6.70. The van der Waals surface area contributed by atoms with Crippen LogP contribution in [0.1, 0.15) is 36.0 Å². The minimum atomic E-state index is 0.161. The topological polar surface area (TPSA) is 29.5 Å². The van der Waals surface area contributed by atoms with E-state index in [-0.39, 0.29) is 5.78 Å². The van der Waals surface area contributed by atoms with E-state index < -0.39 is 0 Å². The highest BCUT2D eigenvalue weighted by Gasteiger charge is 2.16. The normalized spacial score (nSPS) is 17.2. The number of carbonyl (C=O) groups excluding carboxylic acids is 1. The van der Waals surface area contributed by atoms with Gasteiger partial charge in [-0.25, -0.2) is 0 Å². The molecule has 0 atom stereocenters. The Morgan fingerprint density at radius 3 is 2.50 bits per heavy atom. The number of likely N-dealkylation sites (tertiary alicyclic amines) is 1. The zero-order valence-corrected chi connectivity index (χ0v) is 11.0. The van der Waals surface area contributed by atoms with Crippen LogP contribution in [-0.4, -0.2) is 37.4 Å². The van der Waals surface area contributed by atoms with Crippen molar-refractivity contribution in [2.45, 2.75) is 25.7 Å². The van der Waals surface area contributed by atoms with Crippen molar-refractivity contribution in [1.82, 2.24) is 4.90 Å². The van der Waals surface area contributed by atoms with Gasteiger partial charge in [0, 0.05) is 0 Å². The number of benzene rings is 1. The van der Waals surface area contributed by atoms with E-state index in [1.54, 1.807) is 7.11 Å². The van der Waals surface area contributed by atoms with Crippen LogP contribution in [0.4, 0.5) is 0 Å². The third-order valence-corrected chi connectivity index (χ3v) is 3.47. The summed E-state index contributed by atoms with van der Waals surface area (Å²) in [6.07, 6.45) is 5.00. The molecule has 0 aromatic heterocycles. The summed E-state index contributed by atoms with van der Waals surface area (Å²) >= 11 is 0. The van der Waals surface area contributed by atoms with Gasteiger partial charge in [-0.15, -0.1) is 0 Å². The summed E-state index contributed by atoms with van der Waals surface area (Å²) in [5, 5.41) is 0. The molecule has 2 rings (SSSR count). The fourth-order valence-electron chi connectivity index (χ4n) is 2.46. The van der Waals surface area contributed by atoms with Crippen LogP contribution in [0.25, 0.3) is 0 Å². The number of methoxy groups -OCH3 is 1. The highest BCUT2D eigenvalue weighted by Crippen LogP contribution is 2.19. The van der Waals surface area contributed by atoms with Crippen molar-refractivity contribution in [1.29, 1.82) is 0 Å². The van der Waals surface area contributed by atoms with Gasteiger partial charge in [0.2, 0.25) is 0 Å². The van der Waals surface area contributed by atoms with Crippen LogP contribution < -0.4 is 4.74 Å². The van der Waals surface area contributed by atoms with Crippen molar-refractivity contribution in [3.8, 4) is 5.75 Å². The predicted octanol–water partition coefficient (Wildman–Crippen LogP) is 2.75. The van der Waals surface area contributed by atoms with Crippen LogP contribution in [-0.2, 0) is 0 Å². The fourth-order valence-corrected chi connectivity index (χ4v) is 2.46. The number of nitrogens with zero attached hydrogens (tertiary/aromatic N) is 1. The van der Waals surface area contributed by atoms with Crippen LogP contribution >= 0.6 is 0 Å². The van der Waals surface area contributed by atoms with Crippen molar-refractivity contribution in [2.24, 2.45) is 0 Å². The molecule has 0 aliphatic carbocycles. The monoisotopic (exact) mass is 247 g/mol. The summed E-state index contributed by atoms with van der Waals surface area (Å²) in [5.74, 6) is 0.840. The molecule has 0 spiro atoms. The maximum absolute atomic E-state index is 12.3. The molecule has 0 unspecified atom stereocenters. The lowest BCUT2D eigenvalue weighted by Gasteiger charge is -2.19. The van der Waals surface area contributed by atoms with Gasteiger partial charge in [0.15, 0.2) is 5.78 Å². The number of hydrogen-bond donors (Lipinski definition) is 0. The van der Waals surface area contributed by atoms with Crippen molar-refractivity contribution in [3.05, 3.63) is 29.8 Å². The molecule has 1 fully saturated rings. The molecule has 18 heavy (non-hydrogen) atoms. The molecule has 1 aliphatic heterocycles. The second-order valence-corrected chi connectivity index (χ2v) is 4.81. The third-order valence-electron chi connectivity index (χ3n) is 3.47. The Labute approximate surface area is 109 Å². The molecular formula is C15H21NO2. The lowest BCUT2D eigenvalue weighted by molar-refractivity contribution is 0.0930. The maximum Gasteiger partial charge on any atom is 0.180 e. The van der Waals surface area contributed by atoms with E-state index in [4.69, 9.17) is 4.74 Å². The SMILES string of the molecule is COc1ccccc1C(=O)CN1CCCCCC1. The number of para-hydroxylation sites is 1. The minimum absolute atomic E-state index is 0.161. The van der Waals surface area contributed by atoms with Gasteiger partial charge >= 0.3 is 0 Å². The summed E-state index contributed by atoms with van der Waals surface area (Å²) < 4.78 is 5.24. The summed E-state index contributed by atoms with van der Waals surface area (Å²) in [6, 6.07) is 7.47. The Morgan fingerprint density at radius 1 is 1.17 bits per heavy atom. The molecular weight excluding hydrogens is 226 g/mol. The number of carbonyl (C=O) groups is 1. The van der Waals surface area contributed by atoms with Crippen LogP contribution in [0, 0.1) is 0 Å². The zero-order chi connectivity index (χ0) is 12.8. The van der Waals surface area contributed by atoms with Gasteiger partial charge in [0.1, 0.15) is 5.75 Å². The standard InChI is InChI=1S/C15H21NO2/c1-18-15-9-5-4-8-13(15)14(17)12-16-10-6-2-3-7-11-16/h4-5,8-9H,2-3,6-7,10-12H2,1H3. The second kappa shape index (κ2) is 6.55. The van der Waals surface area contributed by atoms with E-state index in [0.717, 1.165) is 13.1 Å². The highest BCUT2D eigenvalue weighted by molar-refractivity contribution is 6.00. The summed E-state index contributed by atoms with van der Waals surface area (Å²) in [4.78, 5) is 14.5. The van der Waals surface area contributed by atoms with Gasteiger partial charge in [0.05, 0.1) is 19.2 Å². The van der Waals surface area contributed by atoms with Crippen molar-refractivity contribution in [2.75, 3.05) is 26.7 Å². The molecule has 0 bridgehead atoms. The predicted molar refractivity (Wildman–Crippen MR) is 72.2 cm³/mol. The number of rotatable bonds is 4. The molecule has 1 aromatic rings. The zero-order valence-electron chi connectivity index (χ0n) is 11.0. The molecule has 1 aromatic carbocycles. The Balaban J connectivity index is 2.02. The Bertz CT molecular complexity index is 395. The molecule has 0 N–H and O–H groups in total. The van der Waals surface area contributed by atoms with Crippen molar-refractivity contribution >= 4 is 5.78 Å². The van der Waals surface area contributed by atoms with Crippen molar-refractivity contribution < 1.29 is 9.53 Å². The smallest absolute Gasteiger partial charge is 0.180 e. The van der Waals surface area contributed by atoms with Crippen LogP contribution in [0.3, 0.4) is 0 Å². The van der Waals surface area contributed by atoms with Crippen LogP contribution in [0.15, 0.2) is 24.3 Å². The lowest BCUT2D eigenvalue weighted by Crippen LogP contribution is -2.30. The summed E-state index contributed by atoms with van der Waals surface area (Å²) in [6.45, 7) is 2.60. The molecule has 1 heterocycles. The minimum Gasteiger partial charge on any atom is -0.496 e. The van der Waals surface area contributed by atoms with E-state index in [9.17, 15) is 4.79 Å². The first kappa shape index (κ1) is 13.1. The lowest BCUT2D eigenvalue weighted by atomic mass is 10.1. The average Bonchev–Trinajstić information content (AvgIpc) is 2.67. The van der Waals surface area contributed by atoms with E-state index >= 15 is 0 Å². The number of ketones is 1. The van der Waals surface area contributed by atoms with Gasteiger partial charge < -0.3 is 4.74 Å². The number of ether oxygens (including phenoxy) is 1. The van der Waals surface area contributed by atoms with E-state index in [1.807, 2.05) is 24.3 Å². The molecule has 98 valence electrons. The van der Waals surface area contributed by atoms with Crippen LogP contribution in [0.2, 0.25) is 0 Å². The van der Waals surface area contributed by atoms with Crippen molar-refractivity contribution in [3.63, 3.8) is 0 Å². The average molecular weight is 247 g/mol. The van der Waals surface area contributed by atoms with Gasteiger partial charge in [0.25, 0.3) is 0 Å². The maximum atomic E-state index is 12.3. The molecule has 1 saturated heterocycles. The Hall–Kier alpha value is -1.35. The van der Waals surface area contributed by atoms with E-state index in [0.29, 0.717) is 17.9 Å². The number of Topliss-reactive ketones (excluding diaryl/α,β-unsaturated/α-hetero) is 1.